The Hall–Kier alpha value is -1.92. The second kappa shape index (κ2) is 7.65. The van der Waals surface area contributed by atoms with E-state index in [1.54, 1.807) is 13.8 Å². The summed E-state index contributed by atoms with van der Waals surface area (Å²) >= 11 is 0. The number of benzene rings is 1. The summed E-state index contributed by atoms with van der Waals surface area (Å²) in [5.41, 5.74) is 4.39. The molecule has 1 aromatic carbocycles. The molecule has 0 spiro atoms. The highest BCUT2D eigenvalue weighted by Crippen LogP contribution is 2.44. The van der Waals surface area contributed by atoms with Gasteiger partial charge in [-0.3, -0.25) is 4.79 Å². The first-order chi connectivity index (χ1) is 14.1. The normalized spacial score (nSPS) is 19.2. The minimum atomic E-state index is -3.02. The van der Waals surface area contributed by atoms with Gasteiger partial charge in [0.2, 0.25) is 0 Å². The van der Waals surface area contributed by atoms with Gasteiger partial charge in [-0.05, 0) is 80.0 Å². The number of nitrogens with zero attached hydrogens (tertiary/aromatic N) is 1. The summed E-state index contributed by atoms with van der Waals surface area (Å²) in [5, 5.41) is 10.2. The van der Waals surface area contributed by atoms with Gasteiger partial charge in [-0.25, -0.2) is 4.21 Å². The molecule has 162 valence electrons. The van der Waals surface area contributed by atoms with Gasteiger partial charge in [0, 0.05) is 17.9 Å². The van der Waals surface area contributed by atoms with Crippen molar-refractivity contribution in [1.82, 2.24) is 0 Å². The molecule has 1 heterocycles. The summed E-state index contributed by atoms with van der Waals surface area (Å²) in [4.78, 5) is 12.9. The number of amides is 1. The van der Waals surface area contributed by atoms with E-state index in [0.29, 0.717) is 17.4 Å². The SMILES string of the molecule is CC(c1ccc2c(c1CC(=O)N=S(C)(=O)c1cc(C(C)(C)O)co1)CCC2)C1CC1. The number of aryl methyl sites for hydroxylation is 1. The van der Waals surface area contributed by atoms with E-state index in [1.807, 2.05) is 0 Å². The minimum absolute atomic E-state index is 0.123. The largest absolute Gasteiger partial charge is 0.454 e. The van der Waals surface area contributed by atoms with Crippen LogP contribution in [0.5, 0.6) is 0 Å². The van der Waals surface area contributed by atoms with Crippen LogP contribution in [0.25, 0.3) is 0 Å². The quantitative estimate of drug-likeness (QED) is 0.719. The third-order valence-corrected chi connectivity index (χ3v) is 8.03. The number of aliphatic hydroxyl groups is 1. The Balaban J connectivity index is 1.64. The number of carbonyl (C=O) groups excluding carboxylic acids is 1. The molecule has 0 bridgehead atoms. The van der Waals surface area contributed by atoms with E-state index in [9.17, 15) is 14.1 Å². The molecular weight excluding hydrogens is 398 g/mol. The maximum absolute atomic E-state index is 13.1. The van der Waals surface area contributed by atoms with Crippen molar-refractivity contribution >= 4 is 15.6 Å². The van der Waals surface area contributed by atoms with Gasteiger partial charge in [-0.15, -0.1) is 0 Å². The monoisotopic (exact) mass is 429 g/mol. The standard InChI is InChI=1S/C24H31NO4S/c1-15(16-8-9-16)19-11-10-17-6-5-7-20(17)21(19)13-22(26)25-30(4,28)23-12-18(14-29-23)24(2,3)27/h10-12,14-16,27H,5-9,13H2,1-4H3. The predicted octanol–water partition coefficient (Wildman–Crippen LogP) is 4.74. The van der Waals surface area contributed by atoms with E-state index in [2.05, 4.69) is 23.4 Å². The predicted molar refractivity (Wildman–Crippen MR) is 117 cm³/mol. The Morgan fingerprint density at radius 3 is 2.70 bits per heavy atom. The second-order valence-corrected chi connectivity index (χ2v) is 11.6. The molecule has 6 heteroatoms. The maximum Gasteiger partial charge on any atom is 0.258 e. The lowest BCUT2D eigenvalue weighted by Crippen LogP contribution is -2.14. The molecule has 5 nitrogen and oxygen atoms in total. The van der Waals surface area contributed by atoms with Gasteiger partial charge in [0.05, 0.1) is 18.3 Å². The molecule has 1 amide bonds. The van der Waals surface area contributed by atoms with Crippen molar-refractivity contribution in [2.24, 2.45) is 10.3 Å². The molecule has 0 radical (unpaired) electrons. The fourth-order valence-corrected chi connectivity index (χ4v) is 5.62. The fraction of sp³-hybridized carbons (Fsp3) is 0.542. The topological polar surface area (TPSA) is 79.9 Å². The minimum Gasteiger partial charge on any atom is -0.454 e. The highest BCUT2D eigenvalue weighted by Gasteiger charge is 2.32. The lowest BCUT2D eigenvalue weighted by atomic mass is 9.86. The molecule has 2 atom stereocenters. The third kappa shape index (κ3) is 4.26. The van der Waals surface area contributed by atoms with Crippen LogP contribution < -0.4 is 0 Å². The van der Waals surface area contributed by atoms with E-state index < -0.39 is 15.3 Å². The number of fused-ring (bicyclic) bond motifs is 1. The molecule has 4 rings (SSSR count). The Morgan fingerprint density at radius 2 is 2.07 bits per heavy atom. The smallest absolute Gasteiger partial charge is 0.258 e. The number of hydrogen-bond acceptors (Lipinski definition) is 4. The molecular formula is C24H31NO4S. The van der Waals surface area contributed by atoms with E-state index in [1.165, 1.54) is 48.1 Å². The van der Waals surface area contributed by atoms with E-state index >= 15 is 0 Å². The van der Waals surface area contributed by atoms with Gasteiger partial charge in [-0.1, -0.05) is 19.1 Å². The van der Waals surface area contributed by atoms with Crippen LogP contribution in [0.4, 0.5) is 0 Å². The van der Waals surface area contributed by atoms with Crippen molar-refractivity contribution in [1.29, 1.82) is 0 Å². The van der Waals surface area contributed by atoms with Crippen molar-refractivity contribution in [3.8, 4) is 0 Å². The summed E-state index contributed by atoms with van der Waals surface area (Å²) in [6.07, 6.45) is 8.64. The van der Waals surface area contributed by atoms with Crippen LogP contribution in [0, 0.1) is 5.92 Å². The second-order valence-electron chi connectivity index (χ2n) is 9.43. The summed E-state index contributed by atoms with van der Waals surface area (Å²) < 4.78 is 22.6. The third-order valence-electron chi connectivity index (χ3n) is 6.52. The lowest BCUT2D eigenvalue weighted by Gasteiger charge is -2.19. The zero-order valence-corrected chi connectivity index (χ0v) is 19.1. The van der Waals surface area contributed by atoms with Crippen LogP contribution in [0.1, 0.15) is 73.8 Å². The first-order valence-corrected chi connectivity index (χ1v) is 12.7. The highest BCUT2D eigenvalue weighted by molar-refractivity contribution is 7.93. The zero-order chi connectivity index (χ0) is 21.7. The van der Waals surface area contributed by atoms with Crippen LogP contribution in [-0.4, -0.2) is 21.5 Å². The van der Waals surface area contributed by atoms with E-state index in [0.717, 1.165) is 24.8 Å². The van der Waals surface area contributed by atoms with Gasteiger partial charge in [0.25, 0.3) is 5.91 Å². The Labute approximate surface area is 179 Å². The zero-order valence-electron chi connectivity index (χ0n) is 18.2. The summed E-state index contributed by atoms with van der Waals surface area (Å²) in [6, 6.07) is 5.95. The van der Waals surface area contributed by atoms with Crippen molar-refractivity contribution in [2.45, 2.75) is 75.9 Å². The summed E-state index contributed by atoms with van der Waals surface area (Å²) in [5.74, 6) is 0.756. The van der Waals surface area contributed by atoms with Gasteiger partial charge in [0.1, 0.15) is 9.73 Å². The van der Waals surface area contributed by atoms with Crippen molar-refractivity contribution in [3.05, 3.63) is 52.3 Å². The number of hydrogen-bond donors (Lipinski definition) is 1. The first kappa shape index (κ1) is 21.3. The fourth-order valence-electron chi connectivity index (χ4n) is 4.51. The number of rotatable bonds is 6. The summed E-state index contributed by atoms with van der Waals surface area (Å²) in [6.45, 7) is 5.50. The van der Waals surface area contributed by atoms with Crippen molar-refractivity contribution < 1.29 is 18.5 Å². The molecule has 0 saturated heterocycles. The molecule has 0 aliphatic heterocycles. The molecule has 2 unspecified atom stereocenters. The van der Waals surface area contributed by atoms with Crippen molar-refractivity contribution in [2.75, 3.05) is 6.26 Å². The average molecular weight is 430 g/mol. The highest BCUT2D eigenvalue weighted by atomic mass is 32.2. The Bertz CT molecular complexity index is 1090. The van der Waals surface area contributed by atoms with Crippen LogP contribution in [0.15, 0.2) is 38.3 Å². The van der Waals surface area contributed by atoms with Crippen LogP contribution in [-0.2, 0) is 39.4 Å². The Morgan fingerprint density at radius 1 is 1.33 bits per heavy atom. The molecule has 2 aromatic rings. The van der Waals surface area contributed by atoms with Crippen LogP contribution in [0.2, 0.25) is 0 Å². The molecule has 1 saturated carbocycles. The van der Waals surface area contributed by atoms with Gasteiger partial charge < -0.3 is 9.52 Å². The van der Waals surface area contributed by atoms with Crippen LogP contribution in [0.3, 0.4) is 0 Å². The van der Waals surface area contributed by atoms with E-state index in [4.69, 9.17) is 4.42 Å². The first-order valence-electron chi connectivity index (χ1n) is 10.8. The molecule has 2 aliphatic rings. The Kier molecular flexibility index (Phi) is 5.43. The number of carbonyl (C=O) groups is 1. The molecule has 1 fully saturated rings. The molecule has 1 N–H and O–H groups in total. The number of furan rings is 1. The van der Waals surface area contributed by atoms with E-state index in [-0.39, 0.29) is 17.4 Å². The maximum atomic E-state index is 13.1. The van der Waals surface area contributed by atoms with Gasteiger partial charge in [0.15, 0.2) is 5.09 Å². The van der Waals surface area contributed by atoms with Gasteiger partial charge >= 0.3 is 0 Å². The molecule has 2 aliphatic carbocycles. The van der Waals surface area contributed by atoms with Gasteiger partial charge in [-0.2, -0.15) is 4.36 Å². The average Bonchev–Trinajstić information content (AvgIpc) is 3.16. The lowest BCUT2D eigenvalue weighted by molar-refractivity contribution is -0.117. The summed E-state index contributed by atoms with van der Waals surface area (Å²) in [7, 11) is -3.02. The molecule has 1 aromatic heterocycles. The molecule has 30 heavy (non-hydrogen) atoms. The van der Waals surface area contributed by atoms with Crippen molar-refractivity contribution in [3.63, 3.8) is 0 Å². The van der Waals surface area contributed by atoms with Crippen LogP contribution >= 0.6 is 0 Å².